The number of carboxylic acid groups (broad SMARTS) is 1. The van der Waals surface area contributed by atoms with Crippen molar-refractivity contribution < 1.29 is 14.7 Å². The number of nitrogens with zero attached hydrogens (tertiary/aromatic N) is 1. The summed E-state index contributed by atoms with van der Waals surface area (Å²) >= 11 is 0. The summed E-state index contributed by atoms with van der Waals surface area (Å²) in [7, 11) is 0. The quantitative estimate of drug-likeness (QED) is 0.865. The first-order valence-electron chi connectivity index (χ1n) is 10.1. The van der Waals surface area contributed by atoms with Crippen molar-refractivity contribution >= 4 is 11.9 Å². The number of aryl methyl sites for hydroxylation is 2. The minimum absolute atomic E-state index is 0.0507. The summed E-state index contributed by atoms with van der Waals surface area (Å²) in [5.74, 6) is 0.0838. The van der Waals surface area contributed by atoms with E-state index in [-0.39, 0.29) is 17.7 Å². The molecule has 2 aliphatic rings. The van der Waals surface area contributed by atoms with Crippen LogP contribution in [0.3, 0.4) is 0 Å². The van der Waals surface area contributed by atoms with Crippen LogP contribution in [0.5, 0.6) is 0 Å². The number of hydrogen-bond donors (Lipinski definition) is 1. The lowest BCUT2D eigenvalue weighted by Crippen LogP contribution is -2.43. The van der Waals surface area contributed by atoms with Gasteiger partial charge in [0.05, 0.1) is 5.92 Å². The van der Waals surface area contributed by atoms with Gasteiger partial charge < -0.3 is 10.0 Å². The van der Waals surface area contributed by atoms with Crippen LogP contribution in [0, 0.1) is 24.7 Å². The molecule has 2 fully saturated rings. The van der Waals surface area contributed by atoms with Gasteiger partial charge in [0.25, 0.3) is 0 Å². The molecule has 1 aliphatic heterocycles. The molecule has 26 heavy (non-hydrogen) atoms. The molecule has 0 unspecified atom stereocenters. The molecular weight excluding hydrogens is 326 g/mol. The second-order valence-electron chi connectivity index (χ2n) is 8.18. The largest absolute Gasteiger partial charge is 0.481 e. The molecule has 142 valence electrons. The third-order valence-electron chi connectivity index (χ3n) is 6.31. The molecule has 1 aromatic rings. The van der Waals surface area contributed by atoms with Crippen LogP contribution in [0.15, 0.2) is 24.3 Å². The Hall–Kier alpha value is -1.84. The molecule has 0 radical (unpaired) electrons. The highest BCUT2D eigenvalue weighted by Gasteiger charge is 2.33. The Bertz CT molecular complexity index is 609. The monoisotopic (exact) mass is 357 g/mol. The molecule has 4 heteroatoms. The summed E-state index contributed by atoms with van der Waals surface area (Å²) in [5.41, 5.74) is 2.71. The Morgan fingerprint density at radius 3 is 2.12 bits per heavy atom. The van der Waals surface area contributed by atoms with Crippen molar-refractivity contribution in [3.63, 3.8) is 0 Å². The number of carbonyl (C=O) groups excluding carboxylic acids is 1. The molecule has 1 amide bonds. The second-order valence-corrected chi connectivity index (χ2v) is 8.18. The summed E-state index contributed by atoms with van der Waals surface area (Å²) in [6, 6.07) is 8.80. The van der Waals surface area contributed by atoms with E-state index in [1.165, 1.54) is 17.5 Å². The SMILES string of the molecule is Cc1ccc(CCC2CCN(C(=O)C3CCC(C(=O)O)CC3)CC2)cc1. The first-order valence-corrected chi connectivity index (χ1v) is 10.1. The average Bonchev–Trinajstić information content (AvgIpc) is 2.67. The maximum Gasteiger partial charge on any atom is 0.306 e. The van der Waals surface area contributed by atoms with E-state index in [4.69, 9.17) is 5.11 Å². The Kier molecular flexibility index (Phi) is 6.33. The van der Waals surface area contributed by atoms with Gasteiger partial charge in [0.15, 0.2) is 0 Å². The lowest BCUT2D eigenvalue weighted by molar-refractivity contribution is -0.146. The van der Waals surface area contributed by atoms with Gasteiger partial charge >= 0.3 is 5.97 Å². The van der Waals surface area contributed by atoms with Crippen LogP contribution in [0.1, 0.15) is 56.1 Å². The minimum Gasteiger partial charge on any atom is -0.481 e. The third kappa shape index (κ3) is 4.87. The van der Waals surface area contributed by atoms with Gasteiger partial charge in [-0.05, 0) is 69.8 Å². The van der Waals surface area contributed by atoms with Crippen LogP contribution < -0.4 is 0 Å². The Balaban J connectivity index is 1.40. The van der Waals surface area contributed by atoms with E-state index < -0.39 is 5.97 Å². The maximum atomic E-state index is 12.7. The zero-order valence-electron chi connectivity index (χ0n) is 15.8. The smallest absolute Gasteiger partial charge is 0.306 e. The van der Waals surface area contributed by atoms with Gasteiger partial charge in [0, 0.05) is 19.0 Å². The van der Waals surface area contributed by atoms with Crippen LogP contribution >= 0.6 is 0 Å². The zero-order chi connectivity index (χ0) is 18.5. The van der Waals surface area contributed by atoms with Crippen LogP contribution in [0.2, 0.25) is 0 Å². The molecule has 1 saturated carbocycles. The van der Waals surface area contributed by atoms with E-state index in [0.29, 0.717) is 18.8 Å². The van der Waals surface area contributed by atoms with E-state index in [1.54, 1.807) is 0 Å². The van der Waals surface area contributed by atoms with Gasteiger partial charge in [-0.25, -0.2) is 0 Å². The van der Waals surface area contributed by atoms with E-state index in [0.717, 1.165) is 45.2 Å². The van der Waals surface area contributed by atoms with Gasteiger partial charge in [-0.15, -0.1) is 0 Å². The predicted molar refractivity (Wildman–Crippen MR) is 102 cm³/mol. The number of hydrogen-bond acceptors (Lipinski definition) is 2. The van der Waals surface area contributed by atoms with Gasteiger partial charge in [-0.3, -0.25) is 9.59 Å². The zero-order valence-corrected chi connectivity index (χ0v) is 15.8. The first-order chi connectivity index (χ1) is 12.5. The van der Waals surface area contributed by atoms with Crippen molar-refractivity contribution in [3.8, 4) is 0 Å². The molecule has 1 heterocycles. The molecule has 0 spiro atoms. The van der Waals surface area contributed by atoms with E-state index >= 15 is 0 Å². The number of carboxylic acids is 1. The fourth-order valence-corrected chi connectivity index (χ4v) is 4.41. The number of rotatable bonds is 5. The lowest BCUT2D eigenvalue weighted by atomic mass is 9.81. The standard InChI is InChI=1S/C22H31NO3/c1-16-2-4-17(5-3-16)6-7-18-12-14-23(15-13-18)21(24)19-8-10-20(11-9-19)22(25)26/h2-5,18-20H,6-15H2,1H3,(H,25,26). The van der Waals surface area contributed by atoms with Gasteiger partial charge in [-0.1, -0.05) is 29.8 Å². The summed E-state index contributed by atoms with van der Waals surface area (Å²) < 4.78 is 0. The number of benzene rings is 1. The first kappa shape index (κ1) is 18.9. The number of carbonyl (C=O) groups is 2. The summed E-state index contributed by atoms with van der Waals surface area (Å²) in [6.45, 7) is 3.86. The molecule has 0 atom stereocenters. The van der Waals surface area contributed by atoms with Crippen molar-refractivity contribution in [2.75, 3.05) is 13.1 Å². The minimum atomic E-state index is -0.703. The molecule has 1 saturated heterocycles. The normalized spacial score (nSPS) is 24.4. The molecule has 0 aromatic heterocycles. The molecule has 1 aliphatic carbocycles. The highest BCUT2D eigenvalue weighted by molar-refractivity contribution is 5.79. The Morgan fingerprint density at radius 1 is 0.962 bits per heavy atom. The van der Waals surface area contributed by atoms with Crippen LogP contribution in [-0.4, -0.2) is 35.0 Å². The van der Waals surface area contributed by atoms with Crippen LogP contribution in [-0.2, 0) is 16.0 Å². The average molecular weight is 357 g/mol. The molecule has 4 nitrogen and oxygen atoms in total. The van der Waals surface area contributed by atoms with Crippen molar-refractivity contribution in [3.05, 3.63) is 35.4 Å². The van der Waals surface area contributed by atoms with E-state index in [2.05, 4.69) is 31.2 Å². The van der Waals surface area contributed by atoms with Crippen molar-refractivity contribution in [2.45, 2.75) is 58.3 Å². The molecule has 1 aromatic carbocycles. The van der Waals surface area contributed by atoms with Crippen molar-refractivity contribution in [2.24, 2.45) is 17.8 Å². The number of aliphatic carboxylic acids is 1. The highest BCUT2D eigenvalue weighted by Crippen LogP contribution is 2.31. The second kappa shape index (κ2) is 8.70. The predicted octanol–water partition coefficient (Wildman–Crippen LogP) is 4.06. The molecule has 0 bridgehead atoms. The van der Waals surface area contributed by atoms with E-state index in [1.807, 2.05) is 4.90 Å². The maximum absolute atomic E-state index is 12.7. The lowest BCUT2D eigenvalue weighted by Gasteiger charge is -2.36. The fraction of sp³-hybridized carbons (Fsp3) is 0.636. The molecular formula is C22H31NO3. The topological polar surface area (TPSA) is 57.6 Å². The molecule has 1 N–H and O–H groups in total. The Morgan fingerprint density at radius 2 is 1.54 bits per heavy atom. The fourth-order valence-electron chi connectivity index (χ4n) is 4.41. The van der Waals surface area contributed by atoms with Crippen LogP contribution in [0.25, 0.3) is 0 Å². The highest BCUT2D eigenvalue weighted by atomic mass is 16.4. The van der Waals surface area contributed by atoms with Crippen molar-refractivity contribution in [1.29, 1.82) is 0 Å². The van der Waals surface area contributed by atoms with Gasteiger partial charge in [-0.2, -0.15) is 0 Å². The number of piperidine rings is 1. The molecule has 3 rings (SSSR count). The third-order valence-corrected chi connectivity index (χ3v) is 6.31. The number of likely N-dealkylation sites (tertiary alicyclic amines) is 1. The summed E-state index contributed by atoms with van der Waals surface area (Å²) in [6.07, 6.45) is 7.31. The van der Waals surface area contributed by atoms with Crippen molar-refractivity contribution in [1.82, 2.24) is 4.90 Å². The summed E-state index contributed by atoms with van der Waals surface area (Å²) in [4.78, 5) is 25.8. The van der Waals surface area contributed by atoms with Gasteiger partial charge in [0.1, 0.15) is 0 Å². The Labute approximate surface area is 156 Å². The summed E-state index contributed by atoms with van der Waals surface area (Å²) in [5, 5.41) is 9.09. The van der Waals surface area contributed by atoms with Gasteiger partial charge in [0.2, 0.25) is 5.91 Å². The van der Waals surface area contributed by atoms with E-state index in [9.17, 15) is 9.59 Å². The number of amides is 1. The van der Waals surface area contributed by atoms with Crippen LogP contribution in [0.4, 0.5) is 0 Å².